The van der Waals surface area contributed by atoms with Crippen LogP contribution in [0.5, 0.6) is 0 Å². The number of aromatic nitrogens is 5. The van der Waals surface area contributed by atoms with E-state index in [9.17, 15) is 0 Å². The van der Waals surface area contributed by atoms with E-state index in [1.54, 1.807) is 0 Å². The molecule has 0 bridgehead atoms. The van der Waals surface area contributed by atoms with Gasteiger partial charge in [0, 0.05) is 71.3 Å². The lowest BCUT2D eigenvalue weighted by molar-refractivity contribution is 0.590. The largest absolute Gasteiger partial charge is 0.309 e. The van der Waals surface area contributed by atoms with Crippen LogP contribution in [0, 0.1) is 0 Å². The molecule has 4 aromatic heterocycles. The van der Waals surface area contributed by atoms with Gasteiger partial charge in [-0.15, -0.1) is 0 Å². The van der Waals surface area contributed by atoms with Gasteiger partial charge in [0.1, 0.15) is 0 Å². The van der Waals surface area contributed by atoms with Crippen molar-refractivity contribution in [2.24, 2.45) is 0 Å². The SMILES string of the molecule is CC(C)(C)c1ccc2c(c1)c1cc(C(C)(C)C)ccc1n2-c1c(-c2ccccc2-n2c3ccccc3c3ccccc32)cc(-c2cc(-c3ccccc3)nc(-c3ccccc3)n2)cc1-c1ccccc1-n1c2ccccc2c2ccccc21. The number of hydrogen-bond acceptors (Lipinski definition) is 2. The fourth-order valence-electron chi connectivity index (χ4n) is 12.9. The molecule has 0 aliphatic rings. The Bertz CT molecular complexity index is 4630. The Hall–Kier alpha value is -10.1. The minimum atomic E-state index is -0.0839. The van der Waals surface area contributed by atoms with E-state index < -0.39 is 0 Å². The van der Waals surface area contributed by atoms with Gasteiger partial charge in [-0.2, -0.15) is 0 Å². The maximum Gasteiger partial charge on any atom is 0.160 e. The lowest BCUT2D eigenvalue weighted by atomic mass is 9.85. The van der Waals surface area contributed by atoms with Gasteiger partial charge in [0.25, 0.3) is 0 Å². The van der Waals surface area contributed by atoms with Crippen molar-refractivity contribution in [2.45, 2.75) is 52.4 Å². The van der Waals surface area contributed by atoms with Crippen LogP contribution < -0.4 is 0 Å². The molecule has 0 radical (unpaired) electrons. The van der Waals surface area contributed by atoms with E-state index in [4.69, 9.17) is 9.97 Å². The molecule has 0 aliphatic heterocycles. The van der Waals surface area contributed by atoms with E-state index in [0.29, 0.717) is 5.82 Å². The van der Waals surface area contributed by atoms with Crippen LogP contribution in [0.25, 0.3) is 139 Å². The van der Waals surface area contributed by atoms with Gasteiger partial charge in [-0.1, -0.05) is 224 Å². The average molecular weight is 1070 g/mol. The molecule has 15 rings (SSSR count). The second-order valence-electron chi connectivity index (χ2n) is 24.2. The Kier molecular flexibility index (Phi) is 11.6. The van der Waals surface area contributed by atoms with Gasteiger partial charge in [-0.25, -0.2) is 9.97 Å². The maximum absolute atomic E-state index is 5.61. The Labute approximate surface area is 484 Å². The lowest BCUT2D eigenvalue weighted by Crippen LogP contribution is -2.10. The minimum absolute atomic E-state index is 0.0839. The van der Waals surface area contributed by atoms with Gasteiger partial charge >= 0.3 is 0 Å². The zero-order valence-corrected chi connectivity index (χ0v) is 47.6. The summed E-state index contributed by atoms with van der Waals surface area (Å²) in [4.78, 5) is 10.9. The molecule has 398 valence electrons. The van der Waals surface area contributed by atoms with E-state index in [-0.39, 0.29) is 10.8 Å². The summed E-state index contributed by atoms with van der Waals surface area (Å²) >= 11 is 0. The van der Waals surface area contributed by atoms with E-state index in [0.717, 1.165) is 100 Å². The molecule has 0 N–H and O–H groups in total. The second-order valence-corrected chi connectivity index (χ2v) is 24.2. The molecule has 15 aromatic rings. The number of fused-ring (bicyclic) bond motifs is 9. The first-order valence-corrected chi connectivity index (χ1v) is 28.9. The molecule has 11 aromatic carbocycles. The number of benzene rings is 11. The molecule has 4 heterocycles. The fourth-order valence-corrected chi connectivity index (χ4v) is 12.9. The highest BCUT2D eigenvalue weighted by Crippen LogP contribution is 2.49. The van der Waals surface area contributed by atoms with Gasteiger partial charge in [-0.3, -0.25) is 0 Å². The van der Waals surface area contributed by atoms with Gasteiger partial charge in [0.05, 0.1) is 61.6 Å². The third kappa shape index (κ3) is 8.29. The molecule has 0 fully saturated rings. The average Bonchev–Trinajstić information content (AvgIpc) is 3.79. The fraction of sp³-hybridized carbons (Fsp3) is 0.103. The summed E-state index contributed by atoms with van der Waals surface area (Å²) in [7, 11) is 0. The van der Waals surface area contributed by atoms with Gasteiger partial charge in [-0.05, 0) is 101 Å². The molecule has 0 saturated carbocycles. The molecule has 0 spiro atoms. The number of hydrogen-bond donors (Lipinski definition) is 0. The van der Waals surface area contributed by atoms with Crippen molar-refractivity contribution in [3.8, 4) is 73.2 Å². The van der Waals surface area contributed by atoms with E-state index >= 15 is 0 Å². The summed E-state index contributed by atoms with van der Waals surface area (Å²) in [5.74, 6) is 0.664. The number of rotatable bonds is 8. The third-order valence-corrected chi connectivity index (χ3v) is 17.0. The van der Waals surface area contributed by atoms with Crippen LogP contribution in [0.3, 0.4) is 0 Å². The third-order valence-electron chi connectivity index (χ3n) is 17.0. The summed E-state index contributed by atoms with van der Waals surface area (Å²) in [6, 6.07) is 95.7. The summed E-state index contributed by atoms with van der Waals surface area (Å²) in [6.07, 6.45) is 0. The highest BCUT2D eigenvalue weighted by molar-refractivity contribution is 6.14. The maximum atomic E-state index is 5.61. The molecule has 0 unspecified atom stereocenters. The van der Waals surface area contributed by atoms with Crippen LogP contribution in [0.4, 0.5) is 0 Å². The lowest BCUT2D eigenvalue weighted by Gasteiger charge is -2.25. The molecule has 0 atom stereocenters. The zero-order valence-electron chi connectivity index (χ0n) is 47.6. The van der Waals surface area contributed by atoms with E-state index in [1.807, 2.05) is 0 Å². The van der Waals surface area contributed by atoms with Crippen LogP contribution in [0.1, 0.15) is 52.7 Å². The van der Waals surface area contributed by atoms with E-state index in [2.05, 4.69) is 316 Å². The van der Waals surface area contributed by atoms with E-state index in [1.165, 1.54) is 43.4 Å². The van der Waals surface area contributed by atoms with Gasteiger partial charge < -0.3 is 13.7 Å². The van der Waals surface area contributed by atoms with Crippen LogP contribution in [-0.4, -0.2) is 23.7 Å². The topological polar surface area (TPSA) is 40.6 Å². The Balaban J connectivity index is 1.15. The monoisotopic (exact) mass is 1070 g/mol. The van der Waals surface area contributed by atoms with Crippen LogP contribution in [0.15, 0.2) is 261 Å². The first-order chi connectivity index (χ1) is 40.5. The molecule has 0 saturated heterocycles. The van der Waals surface area contributed by atoms with Gasteiger partial charge in [0.15, 0.2) is 5.82 Å². The Morgan fingerprint density at radius 2 is 0.614 bits per heavy atom. The molecular weight excluding hydrogens is 1010 g/mol. The number of para-hydroxylation sites is 6. The standard InChI is InChI=1S/C78H61N5/c1-77(2,3)53-41-43-73-61(47-53)62-48-54(78(4,5)6)42-44-74(62)83(73)75-63(59-33-17-23-39-71(59)81-67-35-19-13-29-55(67)56-30-14-20-36-68(56)81)45-52(66-49-65(50-25-9-7-10-26-50)79-76(80-66)51-27-11-8-12-28-51)46-64(75)60-34-18-24-40-72(60)82-69-37-21-15-31-57(69)58-32-16-22-38-70(58)82/h7-49H,1-6H3. The van der Waals surface area contributed by atoms with Crippen molar-refractivity contribution in [3.63, 3.8) is 0 Å². The summed E-state index contributed by atoms with van der Waals surface area (Å²) in [5.41, 5.74) is 21.4. The molecule has 5 nitrogen and oxygen atoms in total. The Morgan fingerprint density at radius 1 is 0.265 bits per heavy atom. The molecule has 0 aliphatic carbocycles. The quantitative estimate of drug-likeness (QED) is 0.152. The highest BCUT2D eigenvalue weighted by Gasteiger charge is 2.29. The van der Waals surface area contributed by atoms with Crippen molar-refractivity contribution >= 4 is 65.4 Å². The minimum Gasteiger partial charge on any atom is -0.309 e. The summed E-state index contributed by atoms with van der Waals surface area (Å²) in [6.45, 7) is 13.9. The smallest absolute Gasteiger partial charge is 0.160 e. The van der Waals surface area contributed by atoms with Crippen molar-refractivity contribution in [2.75, 3.05) is 0 Å². The second kappa shape index (κ2) is 19.3. The first kappa shape index (κ1) is 49.9. The normalized spacial score (nSPS) is 12.2. The first-order valence-electron chi connectivity index (χ1n) is 28.9. The van der Waals surface area contributed by atoms with Crippen LogP contribution >= 0.6 is 0 Å². The Morgan fingerprint density at radius 3 is 1.04 bits per heavy atom. The highest BCUT2D eigenvalue weighted by atomic mass is 15.0. The summed E-state index contributed by atoms with van der Waals surface area (Å²) in [5, 5.41) is 7.29. The van der Waals surface area contributed by atoms with Crippen molar-refractivity contribution in [3.05, 3.63) is 272 Å². The molecule has 83 heavy (non-hydrogen) atoms. The molecular formula is C78H61N5. The predicted octanol–water partition coefficient (Wildman–Crippen LogP) is 20.7. The van der Waals surface area contributed by atoms with Crippen molar-refractivity contribution in [1.82, 2.24) is 23.7 Å². The zero-order chi connectivity index (χ0) is 56.1. The van der Waals surface area contributed by atoms with Crippen LogP contribution in [0.2, 0.25) is 0 Å². The van der Waals surface area contributed by atoms with Crippen molar-refractivity contribution in [1.29, 1.82) is 0 Å². The number of nitrogens with zero attached hydrogens (tertiary/aromatic N) is 5. The van der Waals surface area contributed by atoms with Crippen LogP contribution in [-0.2, 0) is 10.8 Å². The molecule has 0 amide bonds. The molecule has 5 heteroatoms. The summed E-state index contributed by atoms with van der Waals surface area (Å²) < 4.78 is 7.55. The van der Waals surface area contributed by atoms with Gasteiger partial charge in [0.2, 0.25) is 0 Å². The predicted molar refractivity (Wildman–Crippen MR) is 350 cm³/mol. The van der Waals surface area contributed by atoms with Crippen molar-refractivity contribution < 1.29 is 0 Å².